The smallest absolute Gasteiger partial charge is 0.143 e. The van der Waals surface area contributed by atoms with Crippen LogP contribution in [0.25, 0.3) is 122 Å². The molecule has 0 bridgehead atoms. The normalized spacial score (nSPS) is 12.6. The van der Waals surface area contributed by atoms with E-state index in [1.807, 2.05) is 0 Å². The van der Waals surface area contributed by atoms with Crippen molar-refractivity contribution in [1.82, 2.24) is 0 Å². The fourth-order valence-corrected chi connectivity index (χ4v) is 12.3. The minimum atomic E-state index is -0.692. The van der Waals surface area contributed by atoms with Crippen molar-refractivity contribution in [2.45, 2.75) is 5.41 Å². The third kappa shape index (κ3) is 6.88. The standard InChI is InChI=1S/C73H46O2/c1-5-19-47(20-6-1)51-35-37-69-63(41-51)65-45-55(49-23-9-3-10-24-49)43-61(71(65)74-69)53-27-17-29-57(39-53)73(67-33-15-13-31-59(67)60-32-14-16-34-68(60)73)58-30-18-28-54(40-58)62-44-56(50-25-11-4-12-26-50)46-66-64-42-52(48-21-7-2-8-22-48)36-38-70(64)75-72(62)66/h1-46H. The zero-order valence-corrected chi connectivity index (χ0v) is 40.9. The Labute approximate surface area is 435 Å². The van der Waals surface area contributed by atoms with Gasteiger partial charge in [0.1, 0.15) is 22.3 Å². The van der Waals surface area contributed by atoms with E-state index in [0.717, 1.165) is 99.5 Å². The van der Waals surface area contributed by atoms with Crippen molar-refractivity contribution in [3.8, 4) is 77.9 Å². The molecule has 12 aromatic carbocycles. The number of fused-ring (bicyclic) bond motifs is 9. The molecule has 2 nitrogen and oxygen atoms in total. The molecular weight excluding hydrogens is 909 g/mol. The van der Waals surface area contributed by atoms with E-state index in [-0.39, 0.29) is 0 Å². The van der Waals surface area contributed by atoms with Gasteiger partial charge in [-0.25, -0.2) is 0 Å². The van der Waals surface area contributed by atoms with E-state index < -0.39 is 5.41 Å². The first-order valence-corrected chi connectivity index (χ1v) is 25.8. The Balaban J connectivity index is 0.964. The van der Waals surface area contributed by atoms with E-state index in [0.29, 0.717) is 0 Å². The molecule has 0 unspecified atom stereocenters. The number of hydrogen-bond acceptors (Lipinski definition) is 2. The minimum absolute atomic E-state index is 0.692. The summed E-state index contributed by atoms with van der Waals surface area (Å²) in [6.45, 7) is 0. The van der Waals surface area contributed by atoms with Crippen LogP contribution in [0.3, 0.4) is 0 Å². The van der Waals surface area contributed by atoms with Gasteiger partial charge in [0.2, 0.25) is 0 Å². The summed E-state index contributed by atoms with van der Waals surface area (Å²) in [7, 11) is 0. The molecule has 0 amide bonds. The molecule has 350 valence electrons. The lowest BCUT2D eigenvalue weighted by Gasteiger charge is -2.34. The second-order valence-electron chi connectivity index (χ2n) is 19.9. The van der Waals surface area contributed by atoms with Gasteiger partial charge in [-0.15, -0.1) is 0 Å². The molecule has 1 aliphatic rings. The van der Waals surface area contributed by atoms with E-state index in [1.165, 1.54) is 44.5 Å². The Morgan fingerprint density at radius 1 is 0.213 bits per heavy atom. The van der Waals surface area contributed by atoms with E-state index in [2.05, 4.69) is 279 Å². The molecule has 0 spiro atoms. The van der Waals surface area contributed by atoms with Crippen molar-refractivity contribution in [1.29, 1.82) is 0 Å². The summed E-state index contributed by atoms with van der Waals surface area (Å²) < 4.78 is 14.0. The molecule has 2 heterocycles. The number of furan rings is 2. The van der Waals surface area contributed by atoms with Gasteiger partial charge in [0, 0.05) is 32.7 Å². The highest BCUT2D eigenvalue weighted by Crippen LogP contribution is 2.57. The zero-order chi connectivity index (χ0) is 49.5. The van der Waals surface area contributed by atoms with E-state index in [1.54, 1.807) is 0 Å². The number of rotatable bonds is 8. The Morgan fingerprint density at radius 2 is 0.560 bits per heavy atom. The van der Waals surface area contributed by atoms with Crippen LogP contribution in [-0.2, 0) is 5.41 Å². The van der Waals surface area contributed by atoms with Gasteiger partial charge in [-0.05, 0) is 150 Å². The minimum Gasteiger partial charge on any atom is -0.455 e. The van der Waals surface area contributed by atoms with Crippen LogP contribution >= 0.6 is 0 Å². The van der Waals surface area contributed by atoms with E-state index in [9.17, 15) is 0 Å². The highest BCUT2D eigenvalue weighted by molar-refractivity contribution is 6.14. The maximum Gasteiger partial charge on any atom is 0.143 e. The van der Waals surface area contributed by atoms with E-state index in [4.69, 9.17) is 8.83 Å². The second kappa shape index (κ2) is 17.2. The van der Waals surface area contributed by atoms with Gasteiger partial charge in [0.15, 0.2) is 0 Å². The summed E-state index contributed by atoms with van der Waals surface area (Å²) in [6, 6.07) is 102. The van der Waals surface area contributed by atoms with Gasteiger partial charge in [-0.1, -0.05) is 218 Å². The van der Waals surface area contributed by atoms with Gasteiger partial charge in [0.05, 0.1) is 5.41 Å². The van der Waals surface area contributed by atoms with Crippen LogP contribution in [-0.4, -0.2) is 0 Å². The fraction of sp³-hybridized carbons (Fsp3) is 0.0137. The van der Waals surface area contributed by atoms with Crippen LogP contribution in [0.5, 0.6) is 0 Å². The van der Waals surface area contributed by atoms with Crippen LogP contribution in [0.15, 0.2) is 288 Å². The average molecular weight is 955 g/mol. The molecular formula is C73H46O2. The predicted molar refractivity (Wildman–Crippen MR) is 311 cm³/mol. The van der Waals surface area contributed by atoms with Crippen molar-refractivity contribution >= 4 is 43.9 Å². The van der Waals surface area contributed by atoms with Gasteiger partial charge in [-0.3, -0.25) is 0 Å². The summed E-state index contributed by atoms with van der Waals surface area (Å²) >= 11 is 0. The Hall–Kier alpha value is -9.76. The zero-order valence-electron chi connectivity index (χ0n) is 40.9. The molecule has 1 aliphatic carbocycles. The topological polar surface area (TPSA) is 26.3 Å². The highest BCUT2D eigenvalue weighted by atomic mass is 16.3. The van der Waals surface area contributed by atoms with Crippen molar-refractivity contribution < 1.29 is 8.83 Å². The van der Waals surface area contributed by atoms with Crippen LogP contribution in [0.2, 0.25) is 0 Å². The summed E-state index contributed by atoms with van der Waals surface area (Å²) in [5.41, 5.74) is 23.7. The van der Waals surface area contributed by atoms with Crippen molar-refractivity contribution in [3.05, 3.63) is 301 Å². The fourth-order valence-electron chi connectivity index (χ4n) is 12.3. The number of benzene rings is 12. The predicted octanol–water partition coefficient (Wildman–Crippen LogP) is 19.9. The first kappa shape index (κ1) is 42.9. The molecule has 0 aliphatic heterocycles. The van der Waals surface area contributed by atoms with Gasteiger partial charge in [-0.2, -0.15) is 0 Å². The monoisotopic (exact) mass is 954 g/mol. The summed E-state index contributed by atoms with van der Waals surface area (Å²) in [6.07, 6.45) is 0. The Bertz CT molecular complexity index is 4210. The number of hydrogen-bond donors (Lipinski definition) is 0. The SMILES string of the molecule is c1ccc(-c2ccc3oc4c(-c5cccc(C6(c7cccc(-c8cc(-c9ccccc9)cc9c8oc8ccc(-c%10ccccc%10)cc89)c7)c7ccccc7-c7ccccc76)c5)cc(-c5ccccc5)cc4c3c2)cc1. The first-order chi connectivity index (χ1) is 37.2. The molecule has 0 radical (unpaired) electrons. The van der Waals surface area contributed by atoms with Crippen molar-refractivity contribution in [2.75, 3.05) is 0 Å². The van der Waals surface area contributed by atoms with Crippen molar-refractivity contribution in [2.24, 2.45) is 0 Å². The highest BCUT2D eigenvalue weighted by Gasteiger charge is 2.46. The average Bonchev–Trinajstić information content (AvgIpc) is 4.27. The molecule has 0 saturated heterocycles. The molecule has 0 fully saturated rings. The molecule has 14 aromatic rings. The molecule has 75 heavy (non-hydrogen) atoms. The third-order valence-electron chi connectivity index (χ3n) is 15.7. The summed E-state index contributed by atoms with van der Waals surface area (Å²) in [4.78, 5) is 0. The molecule has 2 aromatic heterocycles. The quantitative estimate of drug-likeness (QED) is 0.152. The van der Waals surface area contributed by atoms with Gasteiger partial charge in [0.25, 0.3) is 0 Å². The van der Waals surface area contributed by atoms with Crippen LogP contribution in [0.1, 0.15) is 22.3 Å². The van der Waals surface area contributed by atoms with Crippen molar-refractivity contribution in [3.63, 3.8) is 0 Å². The van der Waals surface area contributed by atoms with Gasteiger partial charge < -0.3 is 8.83 Å². The third-order valence-corrected chi connectivity index (χ3v) is 15.7. The first-order valence-electron chi connectivity index (χ1n) is 25.8. The second-order valence-corrected chi connectivity index (χ2v) is 19.9. The lowest BCUT2D eigenvalue weighted by atomic mass is 9.67. The molecule has 2 heteroatoms. The molecule has 0 atom stereocenters. The van der Waals surface area contributed by atoms with Crippen LogP contribution in [0, 0.1) is 0 Å². The molecule has 15 rings (SSSR count). The lowest BCUT2D eigenvalue weighted by molar-refractivity contribution is 0.669. The lowest BCUT2D eigenvalue weighted by Crippen LogP contribution is -2.28. The van der Waals surface area contributed by atoms with Crippen LogP contribution < -0.4 is 0 Å². The molecule has 0 N–H and O–H groups in total. The van der Waals surface area contributed by atoms with Crippen LogP contribution in [0.4, 0.5) is 0 Å². The Kier molecular flexibility index (Phi) is 9.83. The summed E-state index contributed by atoms with van der Waals surface area (Å²) in [5, 5.41) is 4.38. The van der Waals surface area contributed by atoms with E-state index >= 15 is 0 Å². The largest absolute Gasteiger partial charge is 0.455 e. The maximum absolute atomic E-state index is 6.99. The Morgan fingerprint density at radius 3 is 0.973 bits per heavy atom. The summed E-state index contributed by atoms with van der Waals surface area (Å²) in [5.74, 6) is 0. The molecule has 0 saturated carbocycles. The van der Waals surface area contributed by atoms with Gasteiger partial charge >= 0.3 is 0 Å². The maximum atomic E-state index is 6.99.